The zero-order valence-electron chi connectivity index (χ0n) is 11.0. The van der Waals surface area contributed by atoms with Crippen LogP contribution in [0.2, 0.25) is 0 Å². The lowest BCUT2D eigenvalue weighted by molar-refractivity contribution is 0.145. The third-order valence-electron chi connectivity index (χ3n) is 2.80. The van der Waals surface area contributed by atoms with Gasteiger partial charge in [0.2, 0.25) is 0 Å². The van der Waals surface area contributed by atoms with Gasteiger partial charge in [0.1, 0.15) is 5.84 Å². The number of allylic oxidation sites excluding steroid dienone is 1. The Morgan fingerprint density at radius 3 is 2.75 bits per heavy atom. The van der Waals surface area contributed by atoms with Crippen LogP contribution in [0, 0.1) is 5.92 Å². The van der Waals surface area contributed by atoms with Crippen molar-refractivity contribution < 1.29 is 4.74 Å². The van der Waals surface area contributed by atoms with Crippen LogP contribution >= 0.6 is 0 Å². The minimum absolute atomic E-state index is 0.486. The molecular formula is C13H24N2O. The Kier molecular flexibility index (Phi) is 5.53. The molecule has 0 atom stereocenters. The summed E-state index contributed by atoms with van der Waals surface area (Å²) >= 11 is 0. The molecular weight excluding hydrogens is 200 g/mol. The van der Waals surface area contributed by atoms with Crippen LogP contribution in [0.5, 0.6) is 0 Å². The summed E-state index contributed by atoms with van der Waals surface area (Å²) in [5, 5.41) is 3.40. The largest absolute Gasteiger partial charge is 0.382 e. The fraction of sp³-hybridized carbons (Fsp3) is 0.769. The van der Waals surface area contributed by atoms with Gasteiger partial charge in [0.05, 0.1) is 6.54 Å². The van der Waals surface area contributed by atoms with Gasteiger partial charge in [-0.05, 0) is 32.3 Å². The molecule has 0 spiro atoms. The second-order valence-electron chi connectivity index (χ2n) is 4.51. The second-order valence-corrected chi connectivity index (χ2v) is 4.51. The van der Waals surface area contributed by atoms with Crippen molar-refractivity contribution in [1.29, 1.82) is 0 Å². The molecule has 1 rings (SSSR count). The van der Waals surface area contributed by atoms with E-state index in [1.54, 1.807) is 0 Å². The molecule has 3 nitrogen and oxygen atoms in total. The molecule has 0 saturated heterocycles. The molecule has 0 aromatic rings. The standard InChI is InChI=1S/C13H24N2O/c1-5-16-8-6-7-12-9-14-13(10(2)3)15-11(12)4/h10H,5-9H2,1-4H3,(H,14,15). The molecule has 0 aromatic heterocycles. The molecule has 16 heavy (non-hydrogen) atoms. The SMILES string of the molecule is CCOCCCC1=C(C)NC(C(C)C)=NC1. The fourth-order valence-corrected chi connectivity index (χ4v) is 1.74. The summed E-state index contributed by atoms with van der Waals surface area (Å²) in [6, 6.07) is 0. The van der Waals surface area contributed by atoms with Gasteiger partial charge in [0.15, 0.2) is 0 Å². The van der Waals surface area contributed by atoms with Crippen molar-refractivity contribution in [2.45, 2.75) is 40.5 Å². The molecule has 0 amide bonds. The Hall–Kier alpha value is -0.830. The van der Waals surface area contributed by atoms with E-state index in [9.17, 15) is 0 Å². The van der Waals surface area contributed by atoms with Gasteiger partial charge in [-0.2, -0.15) is 0 Å². The van der Waals surface area contributed by atoms with Gasteiger partial charge < -0.3 is 10.1 Å². The quantitative estimate of drug-likeness (QED) is 0.704. The number of hydrogen-bond donors (Lipinski definition) is 1. The topological polar surface area (TPSA) is 33.6 Å². The second kappa shape index (κ2) is 6.69. The van der Waals surface area contributed by atoms with E-state index in [-0.39, 0.29) is 0 Å². The summed E-state index contributed by atoms with van der Waals surface area (Å²) in [7, 11) is 0. The molecule has 92 valence electrons. The highest BCUT2D eigenvalue weighted by Crippen LogP contribution is 2.15. The first kappa shape index (κ1) is 13.2. The highest BCUT2D eigenvalue weighted by molar-refractivity contribution is 5.86. The molecule has 1 aliphatic heterocycles. The Balaban J connectivity index is 2.36. The van der Waals surface area contributed by atoms with E-state index in [2.05, 4.69) is 31.1 Å². The molecule has 1 aliphatic rings. The van der Waals surface area contributed by atoms with Crippen LogP contribution < -0.4 is 5.32 Å². The minimum Gasteiger partial charge on any atom is -0.382 e. The molecule has 0 aliphatic carbocycles. The van der Waals surface area contributed by atoms with Gasteiger partial charge in [-0.15, -0.1) is 0 Å². The zero-order valence-corrected chi connectivity index (χ0v) is 11.0. The first-order valence-electron chi connectivity index (χ1n) is 6.22. The van der Waals surface area contributed by atoms with Crippen LogP contribution in [0.15, 0.2) is 16.3 Å². The average molecular weight is 224 g/mol. The predicted molar refractivity (Wildman–Crippen MR) is 68.7 cm³/mol. The molecule has 3 heteroatoms. The van der Waals surface area contributed by atoms with Crippen LogP contribution in [0.4, 0.5) is 0 Å². The van der Waals surface area contributed by atoms with Crippen LogP contribution in [0.1, 0.15) is 40.5 Å². The molecule has 0 aromatic carbocycles. The smallest absolute Gasteiger partial charge is 0.103 e. The maximum absolute atomic E-state index is 5.34. The van der Waals surface area contributed by atoms with Gasteiger partial charge in [-0.3, -0.25) is 4.99 Å². The van der Waals surface area contributed by atoms with E-state index in [4.69, 9.17) is 4.74 Å². The van der Waals surface area contributed by atoms with E-state index in [1.165, 1.54) is 11.3 Å². The van der Waals surface area contributed by atoms with Crippen LogP contribution in [-0.2, 0) is 4.74 Å². The fourth-order valence-electron chi connectivity index (χ4n) is 1.74. The third kappa shape index (κ3) is 3.97. The molecule has 1 heterocycles. The maximum Gasteiger partial charge on any atom is 0.103 e. The molecule has 0 saturated carbocycles. The Morgan fingerprint density at radius 2 is 2.19 bits per heavy atom. The normalized spacial score (nSPS) is 16.4. The van der Waals surface area contributed by atoms with E-state index in [0.29, 0.717) is 5.92 Å². The highest BCUT2D eigenvalue weighted by Gasteiger charge is 2.13. The first-order chi connectivity index (χ1) is 7.65. The highest BCUT2D eigenvalue weighted by atomic mass is 16.5. The van der Waals surface area contributed by atoms with E-state index < -0.39 is 0 Å². The zero-order chi connectivity index (χ0) is 12.0. The van der Waals surface area contributed by atoms with Crippen molar-refractivity contribution >= 4 is 5.84 Å². The number of aliphatic imine (C=N–C) groups is 1. The molecule has 0 unspecified atom stereocenters. The van der Waals surface area contributed by atoms with Gasteiger partial charge >= 0.3 is 0 Å². The molecule has 0 fully saturated rings. The van der Waals surface area contributed by atoms with Crippen molar-refractivity contribution in [3.8, 4) is 0 Å². The Bertz CT molecular complexity index is 280. The maximum atomic E-state index is 5.34. The summed E-state index contributed by atoms with van der Waals surface area (Å²) in [5.41, 5.74) is 2.71. The van der Waals surface area contributed by atoms with Crippen molar-refractivity contribution in [3.63, 3.8) is 0 Å². The van der Waals surface area contributed by atoms with Crippen molar-refractivity contribution in [2.24, 2.45) is 10.9 Å². The summed E-state index contributed by atoms with van der Waals surface area (Å²) in [5.74, 6) is 1.60. The number of hydrogen-bond acceptors (Lipinski definition) is 3. The lowest BCUT2D eigenvalue weighted by Crippen LogP contribution is -2.31. The van der Waals surface area contributed by atoms with Gasteiger partial charge in [0, 0.05) is 24.8 Å². The minimum atomic E-state index is 0.486. The summed E-state index contributed by atoms with van der Waals surface area (Å²) in [6.45, 7) is 11.0. The van der Waals surface area contributed by atoms with Gasteiger partial charge in [-0.1, -0.05) is 13.8 Å². The summed E-state index contributed by atoms with van der Waals surface area (Å²) in [6.07, 6.45) is 2.18. The number of amidine groups is 1. The van der Waals surface area contributed by atoms with Crippen molar-refractivity contribution in [3.05, 3.63) is 11.3 Å². The number of ether oxygens (including phenoxy) is 1. The molecule has 0 radical (unpaired) electrons. The van der Waals surface area contributed by atoms with Crippen LogP contribution in [0.3, 0.4) is 0 Å². The van der Waals surface area contributed by atoms with Crippen molar-refractivity contribution in [1.82, 2.24) is 5.32 Å². The lowest BCUT2D eigenvalue weighted by atomic mass is 10.1. The summed E-state index contributed by atoms with van der Waals surface area (Å²) in [4.78, 5) is 4.57. The average Bonchev–Trinajstić information content (AvgIpc) is 2.26. The summed E-state index contributed by atoms with van der Waals surface area (Å²) < 4.78 is 5.34. The van der Waals surface area contributed by atoms with Gasteiger partial charge in [0.25, 0.3) is 0 Å². The predicted octanol–water partition coefficient (Wildman–Crippen LogP) is 2.73. The van der Waals surface area contributed by atoms with E-state index >= 15 is 0 Å². The van der Waals surface area contributed by atoms with Crippen molar-refractivity contribution in [2.75, 3.05) is 19.8 Å². The van der Waals surface area contributed by atoms with E-state index in [1.807, 2.05) is 6.92 Å². The monoisotopic (exact) mass is 224 g/mol. The lowest BCUT2D eigenvalue weighted by Gasteiger charge is -2.22. The number of nitrogens with zero attached hydrogens (tertiary/aromatic N) is 1. The third-order valence-corrected chi connectivity index (χ3v) is 2.80. The Morgan fingerprint density at radius 1 is 1.44 bits per heavy atom. The number of nitrogens with one attached hydrogen (secondary N) is 1. The number of rotatable bonds is 6. The van der Waals surface area contributed by atoms with Crippen LogP contribution in [0.25, 0.3) is 0 Å². The van der Waals surface area contributed by atoms with Crippen LogP contribution in [-0.4, -0.2) is 25.6 Å². The Labute approximate surface area is 99.0 Å². The van der Waals surface area contributed by atoms with E-state index in [0.717, 1.165) is 38.4 Å². The molecule has 1 N–H and O–H groups in total. The van der Waals surface area contributed by atoms with Gasteiger partial charge in [-0.25, -0.2) is 0 Å². The first-order valence-corrected chi connectivity index (χ1v) is 6.22. The molecule has 0 bridgehead atoms.